The predicted molar refractivity (Wildman–Crippen MR) is 178 cm³/mol. The van der Waals surface area contributed by atoms with Crippen LogP contribution in [0.25, 0.3) is 76.9 Å². The van der Waals surface area contributed by atoms with E-state index in [1.54, 1.807) is 0 Å². The molecule has 0 spiro atoms. The monoisotopic (exact) mass is 534 g/mol. The van der Waals surface area contributed by atoms with Crippen LogP contribution < -0.4 is 0 Å². The van der Waals surface area contributed by atoms with Crippen molar-refractivity contribution in [3.8, 4) is 22.5 Å². The first-order valence-corrected chi connectivity index (χ1v) is 14.5. The Kier molecular flexibility index (Phi) is 4.93. The van der Waals surface area contributed by atoms with Gasteiger partial charge in [-0.3, -0.25) is 0 Å². The SMILES string of the molecule is c1ccc(-c2cccc(-n3c4ccccc4c4cc5c6ccccc6n(-c6cccc7ccccc67)c5cc43)c2)cc1. The molecule has 42 heavy (non-hydrogen) atoms. The minimum Gasteiger partial charge on any atom is -0.309 e. The number of para-hydroxylation sites is 2. The number of rotatable bonds is 3. The zero-order valence-corrected chi connectivity index (χ0v) is 22.9. The van der Waals surface area contributed by atoms with E-state index in [0.29, 0.717) is 0 Å². The van der Waals surface area contributed by atoms with Crippen LogP contribution >= 0.6 is 0 Å². The molecule has 0 amide bonds. The molecular formula is C40H26N2. The maximum atomic E-state index is 2.45. The zero-order chi connectivity index (χ0) is 27.6. The van der Waals surface area contributed by atoms with Gasteiger partial charge in [0.2, 0.25) is 0 Å². The van der Waals surface area contributed by atoms with Crippen molar-refractivity contribution in [2.24, 2.45) is 0 Å². The standard InChI is InChI=1S/C40H26N2/c1-2-12-27(13-3-1)29-16-10-17-30(24-29)41-37-21-8-6-19-32(37)34-25-35-33-20-7-9-22-38(33)42(40(35)26-39(34)41)36-23-11-15-28-14-4-5-18-31(28)36/h1-26H. The lowest BCUT2D eigenvalue weighted by Gasteiger charge is -2.13. The van der Waals surface area contributed by atoms with Gasteiger partial charge in [-0.15, -0.1) is 0 Å². The second kappa shape index (κ2) is 8.95. The third-order valence-corrected chi connectivity index (χ3v) is 8.69. The molecule has 0 aliphatic rings. The summed E-state index contributed by atoms with van der Waals surface area (Å²) < 4.78 is 4.89. The van der Waals surface area contributed by atoms with Gasteiger partial charge in [-0.25, -0.2) is 0 Å². The Morgan fingerprint density at radius 1 is 0.310 bits per heavy atom. The van der Waals surface area contributed by atoms with E-state index in [9.17, 15) is 0 Å². The number of benzene rings is 7. The summed E-state index contributed by atoms with van der Waals surface area (Å²) in [6, 6.07) is 57.2. The van der Waals surface area contributed by atoms with E-state index >= 15 is 0 Å². The van der Waals surface area contributed by atoms with Crippen LogP contribution in [-0.4, -0.2) is 9.13 Å². The van der Waals surface area contributed by atoms with Crippen molar-refractivity contribution in [3.05, 3.63) is 158 Å². The van der Waals surface area contributed by atoms with Gasteiger partial charge < -0.3 is 9.13 Å². The molecule has 0 N–H and O–H groups in total. The van der Waals surface area contributed by atoms with Crippen LogP contribution in [0.5, 0.6) is 0 Å². The molecule has 196 valence electrons. The van der Waals surface area contributed by atoms with E-state index in [1.807, 2.05) is 0 Å². The zero-order valence-electron chi connectivity index (χ0n) is 22.9. The lowest BCUT2D eigenvalue weighted by atomic mass is 10.1. The molecule has 0 radical (unpaired) electrons. The molecule has 2 heterocycles. The summed E-state index contributed by atoms with van der Waals surface area (Å²) in [6.45, 7) is 0. The Balaban J connectivity index is 1.42. The fourth-order valence-electron chi connectivity index (χ4n) is 6.83. The van der Waals surface area contributed by atoms with E-state index in [2.05, 4.69) is 167 Å². The molecule has 2 nitrogen and oxygen atoms in total. The molecule has 9 aromatic rings. The minimum absolute atomic E-state index is 1.16. The fourth-order valence-corrected chi connectivity index (χ4v) is 6.83. The Bertz CT molecular complexity index is 2450. The lowest BCUT2D eigenvalue weighted by Crippen LogP contribution is -1.97. The summed E-state index contributed by atoms with van der Waals surface area (Å²) in [5.41, 5.74) is 9.65. The van der Waals surface area contributed by atoms with Crippen LogP contribution in [0.1, 0.15) is 0 Å². The second-order valence-electron chi connectivity index (χ2n) is 11.0. The average molecular weight is 535 g/mol. The van der Waals surface area contributed by atoms with Crippen molar-refractivity contribution in [1.29, 1.82) is 0 Å². The number of hydrogen-bond acceptors (Lipinski definition) is 0. The molecule has 0 aliphatic carbocycles. The Hall–Kier alpha value is -5.60. The Morgan fingerprint density at radius 2 is 0.881 bits per heavy atom. The Labute approximate surface area is 243 Å². The fraction of sp³-hybridized carbons (Fsp3) is 0. The summed E-state index contributed by atoms with van der Waals surface area (Å²) in [5, 5.41) is 7.57. The highest BCUT2D eigenvalue weighted by atomic mass is 15.0. The summed E-state index contributed by atoms with van der Waals surface area (Å²) >= 11 is 0. The average Bonchev–Trinajstić information content (AvgIpc) is 3.56. The quantitative estimate of drug-likeness (QED) is 0.213. The molecule has 0 saturated heterocycles. The van der Waals surface area contributed by atoms with Crippen LogP contribution in [-0.2, 0) is 0 Å². The van der Waals surface area contributed by atoms with Crippen LogP contribution in [0.2, 0.25) is 0 Å². The summed E-state index contributed by atoms with van der Waals surface area (Å²) in [6.07, 6.45) is 0. The molecule has 7 aromatic carbocycles. The molecule has 0 fully saturated rings. The maximum absolute atomic E-state index is 2.45. The largest absolute Gasteiger partial charge is 0.309 e. The highest BCUT2D eigenvalue weighted by molar-refractivity contribution is 6.19. The van der Waals surface area contributed by atoms with E-state index in [0.717, 1.165) is 5.69 Å². The Morgan fingerprint density at radius 3 is 1.67 bits per heavy atom. The highest BCUT2D eigenvalue weighted by Gasteiger charge is 2.19. The maximum Gasteiger partial charge on any atom is 0.0562 e. The number of fused-ring (bicyclic) bond motifs is 7. The number of aromatic nitrogens is 2. The topological polar surface area (TPSA) is 9.86 Å². The number of nitrogens with zero attached hydrogens (tertiary/aromatic N) is 2. The van der Waals surface area contributed by atoms with Crippen LogP contribution in [0, 0.1) is 0 Å². The van der Waals surface area contributed by atoms with E-state index < -0.39 is 0 Å². The van der Waals surface area contributed by atoms with Gasteiger partial charge in [0.25, 0.3) is 0 Å². The molecule has 0 aliphatic heterocycles. The first kappa shape index (κ1) is 23.1. The van der Waals surface area contributed by atoms with E-state index in [1.165, 1.54) is 71.2 Å². The van der Waals surface area contributed by atoms with Gasteiger partial charge in [0.05, 0.1) is 27.8 Å². The van der Waals surface area contributed by atoms with Crippen LogP contribution in [0.4, 0.5) is 0 Å². The van der Waals surface area contributed by atoms with Crippen molar-refractivity contribution in [3.63, 3.8) is 0 Å². The molecule has 2 heteroatoms. The van der Waals surface area contributed by atoms with Gasteiger partial charge in [0.15, 0.2) is 0 Å². The smallest absolute Gasteiger partial charge is 0.0562 e. The first-order valence-electron chi connectivity index (χ1n) is 14.5. The van der Waals surface area contributed by atoms with E-state index in [4.69, 9.17) is 0 Å². The van der Waals surface area contributed by atoms with Crippen LogP contribution in [0.3, 0.4) is 0 Å². The number of hydrogen-bond donors (Lipinski definition) is 0. The highest BCUT2D eigenvalue weighted by Crippen LogP contribution is 2.40. The summed E-state index contributed by atoms with van der Waals surface area (Å²) in [4.78, 5) is 0. The van der Waals surface area contributed by atoms with Gasteiger partial charge >= 0.3 is 0 Å². The third kappa shape index (κ3) is 3.33. The molecule has 2 aromatic heterocycles. The van der Waals surface area contributed by atoms with Gasteiger partial charge in [-0.1, -0.05) is 115 Å². The second-order valence-corrected chi connectivity index (χ2v) is 11.0. The van der Waals surface area contributed by atoms with Crippen LogP contribution in [0.15, 0.2) is 158 Å². The first-order chi connectivity index (χ1) is 20.8. The minimum atomic E-state index is 1.16. The molecular weight excluding hydrogens is 508 g/mol. The van der Waals surface area contributed by atoms with Gasteiger partial charge in [-0.2, -0.15) is 0 Å². The molecule has 0 bridgehead atoms. The van der Waals surface area contributed by atoms with Gasteiger partial charge in [-0.05, 0) is 59.0 Å². The van der Waals surface area contributed by atoms with Gasteiger partial charge in [0, 0.05) is 32.6 Å². The normalized spacial score (nSPS) is 11.8. The predicted octanol–water partition coefficient (Wildman–Crippen LogP) is 10.7. The lowest BCUT2D eigenvalue weighted by molar-refractivity contribution is 1.17. The molecule has 0 saturated carbocycles. The van der Waals surface area contributed by atoms with Crippen molar-refractivity contribution in [1.82, 2.24) is 9.13 Å². The molecule has 0 unspecified atom stereocenters. The van der Waals surface area contributed by atoms with Crippen molar-refractivity contribution < 1.29 is 0 Å². The summed E-state index contributed by atoms with van der Waals surface area (Å²) in [5.74, 6) is 0. The van der Waals surface area contributed by atoms with Crippen molar-refractivity contribution in [2.45, 2.75) is 0 Å². The third-order valence-electron chi connectivity index (χ3n) is 8.69. The summed E-state index contributed by atoms with van der Waals surface area (Å²) in [7, 11) is 0. The van der Waals surface area contributed by atoms with Gasteiger partial charge in [0.1, 0.15) is 0 Å². The van der Waals surface area contributed by atoms with Crippen molar-refractivity contribution >= 4 is 54.4 Å². The molecule has 9 rings (SSSR count). The van der Waals surface area contributed by atoms with E-state index in [-0.39, 0.29) is 0 Å². The van der Waals surface area contributed by atoms with Crippen molar-refractivity contribution in [2.75, 3.05) is 0 Å². The molecule has 0 atom stereocenters.